The Labute approximate surface area is 96.0 Å². The van der Waals surface area contributed by atoms with Crippen molar-refractivity contribution in [2.24, 2.45) is 5.92 Å². The fourth-order valence-electron chi connectivity index (χ4n) is 1.93. The first kappa shape index (κ1) is 11.0. The lowest BCUT2D eigenvalue weighted by Crippen LogP contribution is -2.21. The van der Waals surface area contributed by atoms with Gasteiger partial charge in [-0.05, 0) is 43.9 Å². The summed E-state index contributed by atoms with van der Waals surface area (Å²) in [6.07, 6.45) is 4.00. The maximum atomic E-state index is 11.3. The van der Waals surface area contributed by atoms with Crippen molar-refractivity contribution < 1.29 is 4.79 Å². The van der Waals surface area contributed by atoms with E-state index in [1.807, 2.05) is 12.1 Å². The van der Waals surface area contributed by atoms with Gasteiger partial charge in [0.15, 0.2) is 5.78 Å². The molecule has 1 aliphatic carbocycles. The van der Waals surface area contributed by atoms with Gasteiger partial charge in [0.05, 0.1) is 0 Å². The molecule has 0 aromatic heterocycles. The average molecular weight is 218 g/mol. The summed E-state index contributed by atoms with van der Waals surface area (Å²) < 4.78 is 0. The second-order valence-electron chi connectivity index (χ2n) is 4.54. The molecule has 2 rings (SSSR count). The van der Waals surface area contributed by atoms with Gasteiger partial charge >= 0.3 is 0 Å². The summed E-state index contributed by atoms with van der Waals surface area (Å²) in [4.78, 5) is 11.3. The summed E-state index contributed by atoms with van der Waals surface area (Å²) in [5, 5.41) is 3.36. The summed E-state index contributed by atoms with van der Waals surface area (Å²) >= 11 is 0. The molecule has 1 fully saturated rings. The van der Waals surface area contributed by atoms with Crippen LogP contribution in [-0.2, 0) is 0 Å². The number of rotatable bonds is 4. The van der Waals surface area contributed by atoms with Crippen molar-refractivity contribution in [2.45, 2.75) is 26.2 Å². The molecule has 0 bridgehead atoms. The number of hydrogen-bond acceptors (Lipinski definition) is 3. The minimum Gasteiger partial charge on any atom is -0.398 e. The van der Waals surface area contributed by atoms with E-state index in [2.05, 4.69) is 5.32 Å². The molecule has 16 heavy (non-hydrogen) atoms. The molecule has 0 radical (unpaired) electrons. The van der Waals surface area contributed by atoms with Crippen molar-refractivity contribution in [3.8, 4) is 0 Å². The van der Waals surface area contributed by atoms with Gasteiger partial charge in [-0.25, -0.2) is 0 Å². The number of ketones is 1. The molecule has 0 saturated heterocycles. The number of nitrogen functional groups attached to an aromatic ring is 1. The van der Waals surface area contributed by atoms with E-state index < -0.39 is 0 Å². The number of anilines is 2. The van der Waals surface area contributed by atoms with Crippen molar-refractivity contribution >= 4 is 17.2 Å². The number of hydrogen-bond donors (Lipinski definition) is 2. The molecule has 1 saturated carbocycles. The summed E-state index contributed by atoms with van der Waals surface area (Å²) in [6.45, 7) is 2.54. The molecule has 1 aromatic carbocycles. The summed E-state index contributed by atoms with van der Waals surface area (Å²) in [6, 6.07) is 5.57. The molecule has 3 heteroatoms. The number of nitrogens with one attached hydrogen (secondary N) is 1. The molecule has 0 aliphatic heterocycles. The van der Waals surface area contributed by atoms with Crippen molar-refractivity contribution in [1.29, 1.82) is 0 Å². The van der Waals surface area contributed by atoms with E-state index in [0.717, 1.165) is 18.2 Å². The summed E-state index contributed by atoms with van der Waals surface area (Å²) in [7, 11) is 0. The minimum atomic E-state index is 0.0183. The predicted molar refractivity (Wildman–Crippen MR) is 66.7 cm³/mol. The Morgan fingerprint density at radius 3 is 2.81 bits per heavy atom. The molecular formula is C13H18N2O. The smallest absolute Gasteiger partial charge is 0.161 e. The molecule has 1 aromatic rings. The van der Waals surface area contributed by atoms with E-state index in [9.17, 15) is 4.79 Å². The zero-order valence-corrected chi connectivity index (χ0v) is 9.62. The van der Waals surface area contributed by atoms with Gasteiger partial charge in [0.2, 0.25) is 0 Å². The fourth-order valence-corrected chi connectivity index (χ4v) is 1.93. The Morgan fingerprint density at radius 2 is 2.25 bits per heavy atom. The van der Waals surface area contributed by atoms with Crippen LogP contribution in [0.25, 0.3) is 0 Å². The van der Waals surface area contributed by atoms with E-state index >= 15 is 0 Å². The number of Topliss-reactive ketones (excluding diaryl/α,β-unsaturated/α-hetero) is 1. The van der Waals surface area contributed by atoms with E-state index in [0.29, 0.717) is 11.3 Å². The van der Waals surface area contributed by atoms with Crippen LogP contribution in [0.5, 0.6) is 0 Å². The first-order valence-electron chi connectivity index (χ1n) is 5.81. The standard InChI is InChI=1S/C13H18N2O/c1-9(16)12-7-11(5-6-13(12)14)15-8-10-3-2-4-10/h5-7,10,15H,2-4,8,14H2,1H3. The Balaban J connectivity index is 2.03. The molecular weight excluding hydrogens is 200 g/mol. The van der Waals surface area contributed by atoms with Crippen molar-refractivity contribution in [3.63, 3.8) is 0 Å². The lowest BCUT2D eigenvalue weighted by Gasteiger charge is -2.26. The molecule has 0 spiro atoms. The third kappa shape index (κ3) is 2.35. The zero-order valence-electron chi connectivity index (χ0n) is 9.62. The largest absolute Gasteiger partial charge is 0.398 e. The molecule has 0 unspecified atom stereocenters. The highest BCUT2D eigenvalue weighted by molar-refractivity contribution is 5.99. The van der Waals surface area contributed by atoms with Crippen LogP contribution in [0.2, 0.25) is 0 Å². The minimum absolute atomic E-state index is 0.0183. The molecule has 0 heterocycles. The highest BCUT2D eigenvalue weighted by Crippen LogP contribution is 2.27. The van der Waals surface area contributed by atoms with Gasteiger partial charge in [-0.2, -0.15) is 0 Å². The Morgan fingerprint density at radius 1 is 1.50 bits per heavy atom. The molecule has 3 nitrogen and oxygen atoms in total. The van der Waals surface area contributed by atoms with Crippen LogP contribution in [0, 0.1) is 5.92 Å². The zero-order chi connectivity index (χ0) is 11.5. The van der Waals surface area contributed by atoms with Crippen LogP contribution in [0.15, 0.2) is 18.2 Å². The van der Waals surface area contributed by atoms with Gasteiger partial charge < -0.3 is 11.1 Å². The van der Waals surface area contributed by atoms with Gasteiger partial charge in [0.25, 0.3) is 0 Å². The topological polar surface area (TPSA) is 55.1 Å². The first-order valence-corrected chi connectivity index (χ1v) is 5.81. The molecule has 86 valence electrons. The van der Waals surface area contributed by atoms with Crippen LogP contribution in [-0.4, -0.2) is 12.3 Å². The van der Waals surface area contributed by atoms with E-state index in [-0.39, 0.29) is 5.78 Å². The van der Waals surface area contributed by atoms with Crippen molar-refractivity contribution in [1.82, 2.24) is 0 Å². The number of carbonyl (C=O) groups is 1. The third-order valence-electron chi connectivity index (χ3n) is 3.25. The van der Waals surface area contributed by atoms with Gasteiger partial charge in [0.1, 0.15) is 0 Å². The third-order valence-corrected chi connectivity index (χ3v) is 3.25. The van der Waals surface area contributed by atoms with Gasteiger partial charge in [-0.15, -0.1) is 0 Å². The van der Waals surface area contributed by atoms with Gasteiger partial charge in [-0.3, -0.25) is 4.79 Å². The van der Waals surface area contributed by atoms with E-state index in [1.54, 1.807) is 13.0 Å². The number of nitrogens with two attached hydrogens (primary N) is 1. The highest BCUT2D eigenvalue weighted by atomic mass is 16.1. The quantitative estimate of drug-likeness (QED) is 0.603. The Bertz CT molecular complexity index is 397. The maximum absolute atomic E-state index is 11.3. The number of benzene rings is 1. The fraction of sp³-hybridized carbons (Fsp3) is 0.462. The van der Waals surface area contributed by atoms with E-state index in [1.165, 1.54) is 19.3 Å². The Kier molecular flexibility index (Phi) is 3.13. The van der Waals surface area contributed by atoms with Crippen molar-refractivity contribution in [2.75, 3.05) is 17.6 Å². The summed E-state index contributed by atoms with van der Waals surface area (Å²) in [5.41, 5.74) is 7.89. The highest BCUT2D eigenvalue weighted by Gasteiger charge is 2.16. The lowest BCUT2D eigenvalue weighted by molar-refractivity contribution is 0.101. The van der Waals surface area contributed by atoms with E-state index in [4.69, 9.17) is 5.73 Å². The van der Waals surface area contributed by atoms with Crippen molar-refractivity contribution in [3.05, 3.63) is 23.8 Å². The lowest BCUT2D eigenvalue weighted by atomic mass is 9.85. The number of carbonyl (C=O) groups excluding carboxylic acids is 1. The van der Waals surface area contributed by atoms with Crippen LogP contribution < -0.4 is 11.1 Å². The van der Waals surface area contributed by atoms with Crippen LogP contribution in [0.3, 0.4) is 0 Å². The monoisotopic (exact) mass is 218 g/mol. The average Bonchev–Trinajstić information content (AvgIpc) is 2.17. The first-order chi connectivity index (χ1) is 7.66. The SMILES string of the molecule is CC(=O)c1cc(NCC2CCC2)ccc1N. The second kappa shape index (κ2) is 4.56. The van der Waals surface area contributed by atoms with Gasteiger partial charge in [-0.1, -0.05) is 6.42 Å². The predicted octanol–water partition coefficient (Wildman–Crippen LogP) is 2.68. The molecule has 1 aliphatic rings. The molecule has 3 N–H and O–H groups in total. The Hall–Kier alpha value is -1.51. The van der Waals surface area contributed by atoms with Crippen LogP contribution in [0.1, 0.15) is 36.5 Å². The van der Waals surface area contributed by atoms with Crippen LogP contribution >= 0.6 is 0 Å². The second-order valence-corrected chi connectivity index (χ2v) is 4.54. The maximum Gasteiger partial charge on any atom is 0.161 e. The van der Waals surface area contributed by atoms with Gasteiger partial charge in [0, 0.05) is 23.5 Å². The normalized spacial score (nSPS) is 15.6. The summed E-state index contributed by atoms with van der Waals surface area (Å²) in [5.74, 6) is 0.822. The molecule has 0 amide bonds. The van der Waals surface area contributed by atoms with Crippen LogP contribution in [0.4, 0.5) is 11.4 Å². The molecule has 0 atom stereocenters.